The van der Waals surface area contributed by atoms with Crippen molar-refractivity contribution in [1.82, 2.24) is 4.57 Å². The molecular weight excluding hydrogens is 407 g/mol. The lowest BCUT2D eigenvalue weighted by Gasteiger charge is -2.04. The number of nitrogens with zero attached hydrogens (tertiary/aromatic N) is 1. The van der Waals surface area contributed by atoms with Crippen LogP contribution in [0.25, 0.3) is 0 Å². The van der Waals surface area contributed by atoms with Gasteiger partial charge in [-0.25, -0.2) is 0 Å². The van der Waals surface area contributed by atoms with Crippen LogP contribution in [0.1, 0.15) is 16.3 Å². The largest absolute Gasteiger partial charge is 0.454 e. The minimum Gasteiger partial charge on any atom is -0.454 e. The molecule has 0 aliphatic heterocycles. The van der Waals surface area contributed by atoms with Gasteiger partial charge in [-0.1, -0.05) is 12.1 Å². The number of rotatable bonds is 4. The van der Waals surface area contributed by atoms with Crippen molar-refractivity contribution in [3.05, 3.63) is 86.2 Å². The number of amides is 1. The molecule has 0 saturated heterocycles. The van der Waals surface area contributed by atoms with Crippen molar-refractivity contribution in [1.29, 1.82) is 0 Å². The van der Waals surface area contributed by atoms with E-state index in [1.54, 1.807) is 30.5 Å². The van der Waals surface area contributed by atoms with E-state index in [-0.39, 0.29) is 23.8 Å². The first kappa shape index (κ1) is 15.5. The molecule has 0 spiro atoms. The van der Waals surface area contributed by atoms with Crippen molar-refractivity contribution in [2.45, 2.75) is 6.54 Å². The summed E-state index contributed by atoms with van der Waals surface area (Å²) in [5.74, 6) is 0.438. The Labute approximate surface area is 146 Å². The smallest absolute Gasteiger partial charge is 0.291 e. The Bertz CT molecular complexity index is 898. The second-order valence-electron chi connectivity index (χ2n) is 4.90. The molecule has 0 saturated carbocycles. The Hall–Kier alpha value is -2.35. The van der Waals surface area contributed by atoms with Gasteiger partial charge in [-0.15, -0.1) is 0 Å². The Balaban J connectivity index is 1.73. The van der Waals surface area contributed by atoms with Crippen molar-refractivity contribution >= 4 is 34.2 Å². The number of carbonyl (C=O) groups excluding carboxylic acids is 1. The molecule has 0 aliphatic carbocycles. The molecule has 3 rings (SSSR count). The van der Waals surface area contributed by atoms with Crippen LogP contribution in [0.3, 0.4) is 0 Å². The fraction of sp³-hybridized carbons (Fsp3) is 0.0588. The van der Waals surface area contributed by atoms with E-state index in [0.29, 0.717) is 11.4 Å². The first-order valence-electron chi connectivity index (χ1n) is 6.93. The van der Waals surface area contributed by atoms with Gasteiger partial charge in [0.2, 0.25) is 0 Å². The van der Waals surface area contributed by atoms with Gasteiger partial charge in [-0.3, -0.25) is 9.59 Å². The molecule has 0 unspecified atom stereocenters. The van der Waals surface area contributed by atoms with E-state index >= 15 is 0 Å². The number of furan rings is 1. The highest BCUT2D eigenvalue weighted by Gasteiger charge is 2.12. The highest BCUT2D eigenvalue weighted by atomic mass is 127. The van der Waals surface area contributed by atoms with Crippen molar-refractivity contribution in [2.24, 2.45) is 0 Å². The minimum atomic E-state index is -0.321. The first-order chi connectivity index (χ1) is 11.1. The van der Waals surface area contributed by atoms with Crippen LogP contribution in [-0.2, 0) is 6.54 Å². The predicted molar refractivity (Wildman–Crippen MR) is 95.6 cm³/mol. The average molecular weight is 420 g/mol. The van der Waals surface area contributed by atoms with E-state index in [4.69, 9.17) is 4.42 Å². The Morgan fingerprint density at radius 1 is 1.13 bits per heavy atom. The number of halogens is 1. The number of aromatic nitrogens is 1. The summed E-state index contributed by atoms with van der Waals surface area (Å²) in [5.41, 5.74) is 0.591. The molecular formula is C17H13IN2O3. The molecule has 0 atom stereocenters. The van der Waals surface area contributed by atoms with Gasteiger partial charge in [-0.2, -0.15) is 0 Å². The van der Waals surface area contributed by atoms with Crippen LogP contribution < -0.4 is 10.9 Å². The number of hydrogen-bond acceptors (Lipinski definition) is 3. The third kappa shape index (κ3) is 3.89. The van der Waals surface area contributed by atoms with E-state index in [1.807, 2.05) is 24.3 Å². The lowest BCUT2D eigenvalue weighted by molar-refractivity contribution is 0.0994. The standard InChI is InChI=1S/C17H13IN2O3/c18-12-4-3-5-13(10-12)19-17(22)15-8-7-14(23-15)11-20-9-2-1-6-16(20)21/h1-10H,11H2,(H,19,22). The second-order valence-corrected chi connectivity index (χ2v) is 6.14. The van der Waals surface area contributed by atoms with Crippen LogP contribution in [-0.4, -0.2) is 10.5 Å². The van der Waals surface area contributed by atoms with Crippen LogP contribution in [0.5, 0.6) is 0 Å². The van der Waals surface area contributed by atoms with E-state index in [9.17, 15) is 9.59 Å². The molecule has 1 N–H and O–H groups in total. The SMILES string of the molecule is O=C(Nc1cccc(I)c1)c1ccc(Cn2ccccc2=O)o1. The zero-order chi connectivity index (χ0) is 16.2. The van der Waals surface area contributed by atoms with Crippen LogP contribution in [0.4, 0.5) is 5.69 Å². The van der Waals surface area contributed by atoms with E-state index in [2.05, 4.69) is 27.9 Å². The number of anilines is 1. The summed E-state index contributed by atoms with van der Waals surface area (Å²) in [5, 5.41) is 2.78. The molecule has 23 heavy (non-hydrogen) atoms. The quantitative estimate of drug-likeness (QED) is 0.659. The average Bonchev–Trinajstić information content (AvgIpc) is 2.98. The maximum absolute atomic E-state index is 12.2. The van der Waals surface area contributed by atoms with Crippen molar-refractivity contribution in [3.8, 4) is 0 Å². The maximum Gasteiger partial charge on any atom is 0.291 e. The molecule has 1 aromatic carbocycles. The summed E-state index contributed by atoms with van der Waals surface area (Å²) in [6, 6.07) is 15.7. The molecule has 2 aromatic heterocycles. The summed E-state index contributed by atoms with van der Waals surface area (Å²) >= 11 is 2.18. The van der Waals surface area contributed by atoms with Crippen LogP contribution in [0, 0.1) is 3.57 Å². The molecule has 0 bridgehead atoms. The number of hydrogen-bond donors (Lipinski definition) is 1. The third-order valence-corrected chi connectivity index (χ3v) is 3.86. The summed E-state index contributed by atoms with van der Waals surface area (Å²) in [6.45, 7) is 0.288. The summed E-state index contributed by atoms with van der Waals surface area (Å²) in [6.07, 6.45) is 1.68. The van der Waals surface area contributed by atoms with Crippen molar-refractivity contribution < 1.29 is 9.21 Å². The number of pyridine rings is 1. The van der Waals surface area contributed by atoms with Gasteiger partial charge in [0.05, 0.1) is 6.54 Å². The predicted octanol–water partition coefficient (Wildman–Crippen LogP) is 3.35. The molecule has 0 radical (unpaired) electrons. The molecule has 6 heteroatoms. The lowest BCUT2D eigenvalue weighted by atomic mass is 10.3. The second kappa shape index (κ2) is 6.82. The molecule has 116 valence electrons. The summed E-state index contributed by atoms with van der Waals surface area (Å²) < 4.78 is 8.08. The third-order valence-electron chi connectivity index (χ3n) is 3.19. The van der Waals surface area contributed by atoms with Gasteiger partial charge < -0.3 is 14.3 Å². The van der Waals surface area contributed by atoms with Crippen LogP contribution in [0.2, 0.25) is 0 Å². The van der Waals surface area contributed by atoms with Crippen LogP contribution in [0.15, 0.2) is 70.0 Å². The normalized spacial score (nSPS) is 10.5. The van der Waals surface area contributed by atoms with E-state index < -0.39 is 0 Å². The van der Waals surface area contributed by atoms with Gasteiger partial charge in [0.25, 0.3) is 11.5 Å². The fourth-order valence-corrected chi connectivity index (χ4v) is 2.65. The Kier molecular flexibility index (Phi) is 4.61. The maximum atomic E-state index is 12.2. The molecule has 3 aromatic rings. The highest BCUT2D eigenvalue weighted by molar-refractivity contribution is 14.1. The molecule has 2 heterocycles. The molecule has 5 nitrogen and oxygen atoms in total. The number of nitrogens with one attached hydrogen (secondary N) is 1. The van der Waals surface area contributed by atoms with E-state index in [1.165, 1.54) is 10.6 Å². The topological polar surface area (TPSA) is 64.2 Å². The zero-order valence-corrected chi connectivity index (χ0v) is 14.2. The highest BCUT2D eigenvalue weighted by Crippen LogP contribution is 2.15. The Morgan fingerprint density at radius 2 is 2.00 bits per heavy atom. The monoisotopic (exact) mass is 420 g/mol. The summed E-state index contributed by atoms with van der Waals surface area (Å²) in [4.78, 5) is 23.9. The number of carbonyl (C=O) groups is 1. The molecule has 1 amide bonds. The van der Waals surface area contributed by atoms with Gasteiger partial charge in [0, 0.05) is 21.5 Å². The van der Waals surface area contributed by atoms with E-state index in [0.717, 1.165) is 3.57 Å². The van der Waals surface area contributed by atoms with Gasteiger partial charge in [0.1, 0.15) is 5.76 Å². The first-order valence-corrected chi connectivity index (χ1v) is 8.01. The molecule has 0 aliphatic rings. The van der Waals surface area contributed by atoms with Gasteiger partial charge in [-0.05, 0) is 59.0 Å². The number of benzene rings is 1. The minimum absolute atomic E-state index is 0.117. The van der Waals surface area contributed by atoms with Crippen molar-refractivity contribution in [3.63, 3.8) is 0 Å². The van der Waals surface area contributed by atoms with Crippen LogP contribution >= 0.6 is 22.6 Å². The zero-order valence-electron chi connectivity index (χ0n) is 12.0. The summed E-state index contributed by atoms with van der Waals surface area (Å²) in [7, 11) is 0. The van der Waals surface area contributed by atoms with Gasteiger partial charge in [0.15, 0.2) is 5.76 Å². The van der Waals surface area contributed by atoms with Gasteiger partial charge >= 0.3 is 0 Å². The van der Waals surface area contributed by atoms with Crippen molar-refractivity contribution in [2.75, 3.05) is 5.32 Å². The Morgan fingerprint density at radius 3 is 2.78 bits per heavy atom. The molecule has 0 fully saturated rings. The lowest BCUT2D eigenvalue weighted by Crippen LogP contribution is -2.18. The fourth-order valence-electron chi connectivity index (χ4n) is 2.10.